The first kappa shape index (κ1) is 16.0. The predicted octanol–water partition coefficient (Wildman–Crippen LogP) is 4.47. The Bertz CT molecular complexity index is 621. The maximum atomic E-state index is 13.9. The van der Waals surface area contributed by atoms with Crippen LogP contribution >= 0.6 is 27.5 Å². The van der Waals surface area contributed by atoms with Crippen LogP contribution in [0.4, 0.5) is 4.39 Å². The molecule has 0 aliphatic carbocycles. The second-order valence-electron chi connectivity index (χ2n) is 4.53. The molecule has 0 bridgehead atoms. The van der Waals surface area contributed by atoms with Gasteiger partial charge in [-0.2, -0.15) is 0 Å². The monoisotopic (exact) mass is 369 g/mol. The summed E-state index contributed by atoms with van der Waals surface area (Å²) in [6, 6.07) is 14.0. The Morgan fingerprint density at radius 2 is 1.90 bits per heavy atom. The van der Waals surface area contributed by atoms with E-state index in [2.05, 4.69) is 15.9 Å². The smallest absolute Gasteiger partial charge is 0.257 e. The maximum absolute atomic E-state index is 13.9. The summed E-state index contributed by atoms with van der Waals surface area (Å²) in [6.45, 7) is 0.771. The largest absolute Gasteiger partial charge is 0.333 e. The molecule has 0 atom stereocenters. The van der Waals surface area contributed by atoms with Gasteiger partial charge in [0.1, 0.15) is 5.82 Å². The van der Waals surface area contributed by atoms with Gasteiger partial charge in [0.15, 0.2) is 0 Å². The molecule has 21 heavy (non-hydrogen) atoms. The van der Waals surface area contributed by atoms with Gasteiger partial charge in [-0.3, -0.25) is 4.79 Å². The molecule has 0 saturated heterocycles. The highest BCUT2D eigenvalue weighted by Crippen LogP contribution is 2.18. The van der Waals surface area contributed by atoms with Gasteiger partial charge in [0.2, 0.25) is 0 Å². The third-order valence-corrected chi connectivity index (χ3v) is 3.68. The zero-order valence-electron chi connectivity index (χ0n) is 11.2. The number of carbonyl (C=O) groups is 1. The van der Waals surface area contributed by atoms with Crippen molar-refractivity contribution in [3.8, 4) is 0 Å². The van der Waals surface area contributed by atoms with Gasteiger partial charge in [0.05, 0.1) is 5.56 Å². The van der Waals surface area contributed by atoms with Crippen LogP contribution in [0.1, 0.15) is 15.9 Å². The van der Waals surface area contributed by atoms with Crippen molar-refractivity contribution in [3.63, 3.8) is 0 Å². The molecule has 0 fully saturated rings. The van der Waals surface area contributed by atoms with E-state index in [0.29, 0.717) is 23.4 Å². The molecule has 0 heterocycles. The lowest BCUT2D eigenvalue weighted by atomic mass is 10.1. The molecule has 0 unspecified atom stereocenters. The van der Waals surface area contributed by atoms with Crippen molar-refractivity contribution in [2.45, 2.75) is 6.54 Å². The standard InChI is InChI=1S/C16H14BrClFNO/c17-13-6-7-14(15(19)10-13)16(21)20(9-8-18)11-12-4-2-1-3-5-12/h1-7,10H,8-9,11H2. The third-order valence-electron chi connectivity index (χ3n) is 3.02. The van der Waals surface area contributed by atoms with Gasteiger partial charge in [-0.25, -0.2) is 4.39 Å². The second-order valence-corrected chi connectivity index (χ2v) is 5.82. The van der Waals surface area contributed by atoms with Gasteiger partial charge in [-0.05, 0) is 23.8 Å². The quantitative estimate of drug-likeness (QED) is 0.711. The summed E-state index contributed by atoms with van der Waals surface area (Å²) < 4.78 is 14.5. The number of halogens is 3. The Labute approximate surface area is 136 Å². The van der Waals surface area contributed by atoms with Crippen molar-refractivity contribution in [1.82, 2.24) is 4.90 Å². The van der Waals surface area contributed by atoms with E-state index in [-0.39, 0.29) is 11.5 Å². The Kier molecular flexibility index (Phi) is 5.76. The van der Waals surface area contributed by atoms with E-state index in [9.17, 15) is 9.18 Å². The topological polar surface area (TPSA) is 20.3 Å². The van der Waals surface area contributed by atoms with Crippen LogP contribution in [0.5, 0.6) is 0 Å². The van der Waals surface area contributed by atoms with E-state index >= 15 is 0 Å². The number of benzene rings is 2. The average molecular weight is 371 g/mol. The number of hydrogen-bond donors (Lipinski definition) is 0. The molecule has 0 spiro atoms. The molecule has 1 amide bonds. The van der Waals surface area contributed by atoms with Crippen LogP contribution in [0.2, 0.25) is 0 Å². The molecule has 0 radical (unpaired) electrons. The lowest BCUT2D eigenvalue weighted by molar-refractivity contribution is 0.0749. The first-order valence-corrected chi connectivity index (χ1v) is 7.79. The molecular formula is C16H14BrClFNO. The SMILES string of the molecule is O=C(c1ccc(Br)cc1F)N(CCCl)Cc1ccccc1. The molecule has 110 valence electrons. The van der Waals surface area contributed by atoms with Crippen LogP contribution in [-0.4, -0.2) is 23.2 Å². The van der Waals surface area contributed by atoms with Crippen LogP contribution in [0.3, 0.4) is 0 Å². The van der Waals surface area contributed by atoms with E-state index in [1.54, 1.807) is 11.0 Å². The number of carbonyl (C=O) groups excluding carboxylic acids is 1. The predicted molar refractivity (Wildman–Crippen MR) is 86.0 cm³/mol. The van der Waals surface area contributed by atoms with Gasteiger partial charge in [-0.1, -0.05) is 46.3 Å². The summed E-state index contributed by atoms with van der Waals surface area (Å²) in [5, 5.41) is 0. The van der Waals surface area contributed by atoms with Gasteiger partial charge < -0.3 is 4.90 Å². The highest BCUT2D eigenvalue weighted by atomic mass is 79.9. The summed E-state index contributed by atoms with van der Waals surface area (Å²) in [6.07, 6.45) is 0. The molecule has 2 nitrogen and oxygen atoms in total. The fraction of sp³-hybridized carbons (Fsp3) is 0.188. The molecule has 0 aromatic heterocycles. The molecular weight excluding hydrogens is 357 g/mol. The minimum absolute atomic E-state index is 0.0549. The van der Waals surface area contributed by atoms with Crippen LogP contribution < -0.4 is 0 Å². The average Bonchev–Trinajstić information content (AvgIpc) is 2.47. The fourth-order valence-electron chi connectivity index (χ4n) is 1.99. The molecule has 0 saturated carbocycles. The first-order valence-electron chi connectivity index (χ1n) is 6.46. The molecule has 0 aliphatic heterocycles. The van der Waals surface area contributed by atoms with E-state index in [1.165, 1.54) is 12.1 Å². The van der Waals surface area contributed by atoms with Gasteiger partial charge >= 0.3 is 0 Å². The van der Waals surface area contributed by atoms with Crippen LogP contribution in [0.15, 0.2) is 53.0 Å². The van der Waals surface area contributed by atoms with Crippen molar-refractivity contribution in [1.29, 1.82) is 0 Å². The molecule has 0 N–H and O–H groups in total. The summed E-state index contributed by atoms with van der Waals surface area (Å²) in [5.41, 5.74) is 1.03. The highest BCUT2D eigenvalue weighted by Gasteiger charge is 2.19. The van der Waals surface area contributed by atoms with Crippen molar-refractivity contribution in [2.75, 3.05) is 12.4 Å². The minimum atomic E-state index is -0.540. The van der Waals surface area contributed by atoms with Crippen molar-refractivity contribution in [3.05, 3.63) is 69.9 Å². The molecule has 2 rings (SSSR count). The number of amides is 1. The molecule has 0 aliphatic rings. The summed E-state index contributed by atoms with van der Waals surface area (Å²) in [7, 11) is 0. The number of nitrogens with zero attached hydrogens (tertiary/aromatic N) is 1. The summed E-state index contributed by atoms with van der Waals surface area (Å²) in [4.78, 5) is 14.0. The lowest BCUT2D eigenvalue weighted by Crippen LogP contribution is -2.32. The normalized spacial score (nSPS) is 10.4. The Morgan fingerprint density at radius 3 is 2.52 bits per heavy atom. The Morgan fingerprint density at radius 1 is 1.19 bits per heavy atom. The fourth-order valence-corrected chi connectivity index (χ4v) is 2.53. The van der Waals surface area contributed by atoms with E-state index in [1.807, 2.05) is 30.3 Å². The third kappa shape index (κ3) is 4.29. The Balaban J connectivity index is 2.23. The summed E-state index contributed by atoms with van der Waals surface area (Å²) >= 11 is 8.94. The number of hydrogen-bond acceptors (Lipinski definition) is 1. The first-order chi connectivity index (χ1) is 10.1. The van der Waals surface area contributed by atoms with E-state index in [4.69, 9.17) is 11.6 Å². The molecule has 2 aromatic carbocycles. The van der Waals surface area contributed by atoms with E-state index in [0.717, 1.165) is 5.56 Å². The van der Waals surface area contributed by atoms with Crippen LogP contribution in [-0.2, 0) is 6.54 Å². The van der Waals surface area contributed by atoms with Gasteiger partial charge in [0.25, 0.3) is 5.91 Å². The zero-order valence-corrected chi connectivity index (χ0v) is 13.6. The second kappa shape index (κ2) is 7.57. The maximum Gasteiger partial charge on any atom is 0.257 e. The van der Waals surface area contributed by atoms with Crippen molar-refractivity contribution in [2.24, 2.45) is 0 Å². The van der Waals surface area contributed by atoms with E-state index < -0.39 is 5.82 Å². The Hall–Kier alpha value is -1.39. The lowest BCUT2D eigenvalue weighted by Gasteiger charge is -2.22. The minimum Gasteiger partial charge on any atom is -0.333 e. The zero-order chi connectivity index (χ0) is 15.2. The van der Waals surface area contributed by atoms with Gasteiger partial charge in [-0.15, -0.1) is 11.6 Å². The number of alkyl halides is 1. The summed E-state index contributed by atoms with van der Waals surface area (Å²) in [5.74, 6) is -0.594. The van der Waals surface area contributed by atoms with Crippen molar-refractivity contribution < 1.29 is 9.18 Å². The highest BCUT2D eigenvalue weighted by molar-refractivity contribution is 9.10. The van der Waals surface area contributed by atoms with Crippen molar-refractivity contribution >= 4 is 33.4 Å². The molecule has 2 aromatic rings. The molecule has 5 heteroatoms. The van der Waals surface area contributed by atoms with Crippen LogP contribution in [0.25, 0.3) is 0 Å². The van der Waals surface area contributed by atoms with Crippen LogP contribution in [0, 0.1) is 5.82 Å². The number of rotatable bonds is 5. The van der Waals surface area contributed by atoms with Gasteiger partial charge in [0, 0.05) is 23.4 Å².